The summed E-state index contributed by atoms with van der Waals surface area (Å²) < 4.78 is 2.19. The summed E-state index contributed by atoms with van der Waals surface area (Å²) in [5.74, 6) is 0. The first kappa shape index (κ1) is 10.7. The van der Waals surface area contributed by atoms with Gasteiger partial charge in [-0.05, 0) is 6.08 Å². The van der Waals surface area contributed by atoms with Crippen LogP contribution in [0.3, 0.4) is 0 Å². The topological polar surface area (TPSA) is 20.2 Å². The van der Waals surface area contributed by atoms with Crippen LogP contribution in [0.5, 0.6) is 0 Å². The van der Waals surface area contributed by atoms with Crippen LogP contribution in [-0.2, 0) is 0 Å². The van der Waals surface area contributed by atoms with Gasteiger partial charge >= 0.3 is 0 Å². The highest BCUT2D eigenvalue weighted by molar-refractivity contribution is 14.1. The first-order valence-corrected chi connectivity index (χ1v) is 6.39. The lowest BCUT2D eigenvalue weighted by atomic mass is 10.3. The van der Waals surface area contributed by atoms with E-state index in [2.05, 4.69) is 67.8 Å². The van der Waals surface area contributed by atoms with Crippen LogP contribution in [0.4, 0.5) is 0 Å². The van der Waals surface area contributed by atoms with E-state index >= 15 is 0 Å². The summed E-state index contributed by atoms with van der Waals surface area (Å²) in [5, 5.41) is 8.39. The lowest BCUT2D eigenvalue weighted by Crippen LogP contribution is -2.11. The Kier molecular flexibility index (Phi) is 7.68. The number of hydrogen-bond donors (Lipinski definition) is 1. The maximum Gasteiger partial charge on any atom is 0.0762 e. The third-order valence-electron chi connectivity index (χ3n) is 0.763. The molecule has 0 aromatic carbocycles. The molecule has 0 saturated carbocycles. The maximum atomic E-state index is 8.39. The van der Waals surface area contributed by atoms with Gasteiger partial charge in [0.15, 0.2) is 0 Å². The minimum atomic E-state index is 0.449. The van der Waals surface area contributed by atoms with Crippen LogP contribution < -0.4 is 0 Å². The first-order chi connectivity index (χ1) is 4.22. The molecular formula is C5H7I3O. The van der Waals surface area contributed by atoms with Crippen LogP contribution >= 0.6 is 67.8 Å². The molecule has 1 nitrogen and oxygen atoms in total. The molecule has 0 fully saturated rings. The minimum absolute atomic E-state index is 0.449. The van der Waals surface area contributed by atoms with Crippen LogP contribution in [0, 0.1) is 0 Å². The van der Waals surface area contributed by atoms with Gasteiger partial charge in [-0.15, -0.1) is 0 Å². The van der Waals surface area contributed by atoms with Crippen molar-refractivity contribution in [2.45, 2.75) is 7.85 Å². The summed E-state index contributed by atoms with van der Waals surface area (Å²) in [6, 6.07) is 0. The molecule has 0 spiro atoms. The molecule has 0 aromatic rings. The van der Waals surface area contributed by atoms with Crippen LogP contribution in [0.15, 0.2) is 12.3 Å². The van der Waals surface area contributed by atoms with Crippen molar-refractivity contribution in [3.05, 3.63) is 12.3 Å². The van der Waals surface area contributed by atoms with Crippen molar-refractivity contribution in [3.8, 4) is 0 Å². The molecule has 0 bridgehead atoms. The molecule has 0 aromatic heterocycles. The van der Waals surface area contributed by atoms with E-state index in [1.165, 1.54) is 0 Å². The molecule has 0 aliphatic carbocycles. The number of alkyl halides is 3. The number of allylic oxidation sites excluding steroid dienone is 1. The average molecular weight is 464 g/mol. The monoisotopic (exact) mass is 464 g/mol. The van der Waals surface area contributed by atoms with E-state index < -0.39 is 0 Å². The summed E-state index contributed by atoms with van der Waals surface area (Å²) in [7, 11) is 0. The third-order valence-corrected chi connectivity index (χ3v) is 7.27. The lowest BCUT2D eigenvalue weighted by Gasteiger charge is -2.07. The molecule has 1 N–H and O–H groups in total. The quantitative estimate of drug-likeness (QED) is 0.387. The van der Waals surface area contributed by atoms with E-state index in [0.717, 1.165) is 10.7 Å². The van der Waals surface area contributed by atoms with Crippen molar-refractivity contribution < 1.29 is 5.11 Å². The Morgan fingerprint density at radius 3 is 2.33 bits per heavy atom. The van der Waals surface area contributed by atoms with E-state index in [1.807, 2.05) is 0 Å². The third kappa shape index (κ3) is 5.05. The predicted octanol–water partition coefficient (Wildman–Crippen LogP) is 3.10. The van der Waals surface area contributed by atoms with Gasteiger partial charge in [0.25, 0.3) is 0 Å². The number of hydrogen-bond acceptors (Lipinski definition) is 1. The van der Waals surface area contributed by atoms with Crippen molar-refractivity contribution in [2.24, 2.45) is 0 Å². The first-order valence-electron chi connectivity index (χ1n) is 2.37. The molecule has 9 heavy (non-hydrogen) atoms. The molecular weight excluding hydrogens is 457 g/mol. The van der Waals surface area contributed by atoms with E-state index in [1.54, 1.807) is 6.08 Å². The SMILES string of the molecule is OC=CC(I)C(I)CI. The van der Waals surface area contributed by atoms with Gasteiger partial charge in [-0.3, -0.25) is 0 Å². The van der Waals surface area contributed by atoms with Gasteiger partial charge in [-0.1, -0.05) is 67.8 Å². The van der Waals surface area contributed by atoms with Gasteiger partial charge in [0.05, 0.1) is 6.26 Å². The van der Waals surface area contributed by atoms with Crippen molar-refractivity contribution in [1.82, 2.24) is 0 Å². The zero-order valence-corrected chi connectivity index (χ0v) is 11.1. The Hall–Kier alpha value is 1.73. The molecule has 0 rings (SSSR count). The number of halogens is 3. The average Bonchev–Trinajstić information content (AvgIpc) is 1.87. The Labute approximate surface area is 96.1 Å². The normalized spacial score (nSPS) is 18.1. The van der Waals surface area contributed by atoms with Crippen LogP contribution in [0.2, 0.25) is 0 Å². The highest BCUT2D eigenvalue weighted by Gasteiger charge is 2.09. The number of aliphatic hydroxyl groups excluding tert-OH is 1. The molecule has 0 aliphatic rings. The molecule has 0 radical (unpaired) electrons. The zero-order valence-electron chi connectivity index (χ0n) is 4.60. The van der Waals surface area contributed by atoms with Crippen molar-refractivity contribution >= 4 is 67.8 Å². The predicted molar refractivity (Wildman–Crippen MR) is 66.3 cm³/mol. The van der Waals surface area contributed by atoms with Crippen LogP contribution in [-0.4, -0.2) is 17.4 Å². The van der Waals surface area contributed by atoms with Crippen molar-refractivity contribution in [3.63, 3.8) is 0 Å². The van der Waals surface area contributed by atoms with Gasteiger partial charge in [0.2, 0.25) is 0 Å². The van der Waals surface area contributed by atoms with Crippen LogP contribution in [0.1, 0.15) is 0 Å². The van der Waals surface area contributed by atoms with Gasteiger partial charge in [0.1, 0.15) is 0 Å². The standard InChI is InChI=1S/C5H7I3O/c6-3-5(8)4(7)1-2-9/h1-2,4-5,9H,3H2. The van der Waals surface area contributed by atoms with E-state index in [0.29, 0.717) is 7.85 Å². The highest BCUT2D eigenvalue weighted by atomic mass is 127. The van der Waals surface area contributed by atoms with Crippen molar-refractivity contribution in [2.75, 3.05) is 4.43 Å². The second-order valence-electron chi connectivity index (χ2n) is 1.46. The molecule has 0 saturated heterocycles. The molecule has 54 valence electrons. The summed E-state index contributed by atoms with van der Waals surface area (Å²) in [6.45, 7) is 0. The fourth-order valence-corrected chi connectivity index (χ4v) is 2.49. The number of rotatable bonds is 3. The minimum Gasteiger partial charge on any atom is -0.516 e. The Morgan fingerprint density at radius 2 is 2.00 bits per heavy atom. The molecule has 0 aliphatic heterocycles. The fraction of sp³-hybridized carbons (Fsp3) is 0.600. The largest absolute Gasteiger partial charge is 0.516 e. The second kappa shape index (κ2) is 6.44. The lowest BCUT2D eigenvalue weighted by molar-refractivity contribution is 0.471. The maximum absolute atomic E-state index is 8.39. The van der Waals surface area contributed by atoms with E-state index in [4.69, 9.17) is 5.11 Å². The van der Waals surface area contributed by atoms with Gasteiger partial charge in [-0.2, -0.15) is 0 Å². The number of aliphatic hydroxyl groups is 1. The zero-order chi connectivity index (χ0) is 7.28. The Morgan fingerprint density at radius 1 is 1.44 bits per heavy atom. The summed E-state index contributed by atoms with van der Waals surface area (Å²) in [4.78, 5) is 0. The fourth-order valence-electron chi connectivity index (χ4n) is 0.288. The smallest absolute Gasteiger partial charge is 0.0762 e. The molecule has 4 heteroatoms. The molecule has 0 amide bonds. The molecule has 2 unspecified atom stereocenters. The second-order valence-corrected chi connectivity index (χ2v) is 5.38. The van der Waals surface area contributed by atoms with E-state index in [-0.39, 0.29) is 0 Å². The van der Waals surface area contributed by atoms with E-state index in [9.17, 15) is 0 Å². The molecule has 0 heterocycles. The van der Waals surface area contributed by atoms with Gasteiger partial charge < -0.3 is 5.11 Å². The molecule has 2 atom stereocenters. The Balaban J connectivity index is 3.58. The van der Waals surface area contributed by atoms with Gasteiger partial charge in [-0.25, -0.2) is 0 Å². The van der Waals surface area contributed by atoms with Crippen molar-refractivity contribution in [1.29, 1.82) is 0 Å². The summed E-state index contributed by atoms with van der Waals surface area (Å²) in [6.07, 6.45) is 2.92. The van der Waals surface area contributed by atoms with Gasteiger partial charge in [0, 0.05) is 12.3 Å². The Bertz CT molecular complexity index is 94.2. The van der Waals surface area contributed by atoms with Crippen LogP contribution in [0.25, 0.3) is 0 Å². The summed E-state index contributed by atoms with van der Waals surface area (Å²) >= 11 is 7.03. The highest BCUT2D eigenvalue weighted by Crippen LogP contribution is 2.18. The summed E-state index contributed by atoms with van der Waals surface area (Å²) in [5.41, 5.74) is 0.